The summed E-state index contributed by atoms with van der Waals surface area (Å²) in [6.45, 7) is 2.05. The van der Waals surface area contributed by atoms with Gasteiger partial charge >= 0.3 is 0 Å². The first kappa shape index (κ1) is 13.8. The molecule has 0 unspecified atom stereocenters. The fraction of sp³-hybridized carbons (Fsp3) is 0.0556. The van der Waals surface area contributed by atoms with Gasteiger partial charge in [-0.2, -0.15) is 0 Å². The van der Waals surface area contributed by atoms with Crippen LogP contribution >= 0.6 is 15.9 Å². The number of ketones is 1. The Balaban J connectivity index is 2.00. The van der Waals surface area contributed by atoms with E-state index in [1.54, 1.807) is 6.20 Å². The number of aromatic amines is 1. The molecule has 0 aliphatic carbocycles. The van der Waals surface area contributed by atoms with Crippen LogP contribution < -0.4 is 0 Å². The van der Waals surface area contributed by atoms with Crippen LogP contribution in [-0.2, 0) is 0 Å². The Labute approximate surface area is 132 Å². The van der Waals surface area contributed by atoms with Gasteiger partial charge in [0.25, 0.3) is 0 Å². The van der Waals surface area contributed by atoms with Gasteiger partial charge in [-0.05, 0) is 36.8 Å². The van der Waals surface area contributed by atoms with Gasteiger partial charge in [0.2, 0.25) is 0 Å². The molecular weight excluding hydrogens is 326 g/mol. The largest absolute Gasteiger partial charge is 0.366 e. The van der Waals surface area contributed by atoms with Gasteiger partial charge in [-0.3, -0.25) is 4.79 Å². The SMILES string of the molecule is Cc1ccc(-c2c[nH]cc2C(=O)c2ccc(Br)cc2)cc1. The lowest BCUT2D eigenvalue weighted by molar-refractivity contribution is 0.103. The van der Waals surface area contributed by atoms with Gasteiger partial charge in [-0.25, -0.2) is 0 Å². The zero-order valence-electron chi connectivity index (χ0n) is 11.6. The minimum Gasteiger partial charge on any atom is -0.366 e. The summed E-state index contributed by atoms with van der Waals surface area (Å²) in [5.41, 5.74) is 4.56. The van der Waals surface area contributed by atoms with Gasteiger partial charge in [0.15, 0.2) is 5.78 Å². The Kier molecular flexibility index (Phi) is 3.76. The van der Waals surface area contributed by atoms with Crippen LogP contribution in [-0.4, -0.2) is 10.8 Å². The molecule has 0 aliphatic rings. The van der Waals surface area contributed by atoms with Crippen LogP contribution in [0.3, 0.4) is 0 Å². The van der Waals surface area contributed by atoms with E-state index in [0.717, 1.165) is 15.6 Å². The molecule has 0 atom stereocenters. The van der Waals surface area contributed by atoms with Crippen LogP contribution in [0.1, 0.15) is 21.5 Å². The summed E-state index contributed by atoms with van der Waals surface area (Å²) in [6.07, 6.45) is 3.64. The zero-order chi connectivity index (χ0) is 14.8. The van der Waals surface area contributed by atoms with E-state index in [-0.39, 0.29) is 5.78 Å². The van der Waals surface area contributed by atoms with Crippen molar-refractivity contribution < 1.29 is 4.79 Å². The lowest BCUT2D eigenvalue weighted by Crippen LogP contribution is -2.01. The third-order valence-corrected chi connectivity index (χ3v) is 3.99. The van der Waals surface area contributed by atoms with Crippen molar-refractivity contribution in [1.82, 2.24) is 4.98 Å². The molecule has 2 aromatic carbocycles. The topological polar surface area (TPSA) is 32.9 Å². The lowest BCUT2D eigenvalue weighted by Gasteiger charge is -2.05. The lowest BCUT2D eigenvalue weighted by atomic mass is 9.97. The standard InChI is InChI=1S/C18H14BrNO/c1-12-2-4-13(5-3-12)16-10-20-11-17(16)18(21)14-6-8-15(19)9-7-14/h2-11,20H,1H3. The third-order valence-electron chi connectivity index (χ3n) is 3.46. The van der Waals surface area contributed by atoms with E-state index in [0.29, 0.717) is 11.1 Å². The number of hydrogen-bond donors (Lipinski definition) is 1. The maximum absolute atomic E-state index is 12.6. The van der Waals surface area contributed by atoms with Crippen molar-refractivity contribution in [3.05, 3.63) is 82.1 Å². The third kappa shape index (κ3) is 2.83. The van der Waals surface area contributed by atoms with Crippen LogP contribution in [0.2, 0.25) is 0 Å². The van der Waals surface area contributed by atoms with E-state index in [1.165, 1.54) is 5.56 Å². The molecule has 2 nitrogen and oxygen atoms in total. The van der Waals surface area contributed by atoms with Gasteiger partial charge < -0.3 is 4.98 Å². The van der Waals surface area contributed by atoms with Crippen molar-refractivity contribution in [2.45, 2.75) is 6.92 Å². The number of aromatic nitrogens is 1. The van der Waals surface area contributed by atoms with Crippen molar-refractivity contribution in [1.29, 1.82) is 0 Å². The smallest absolute Gasteiger partial charge is 0.195 e. The Hall–Kier alpha value is -2.13. The first-order valence-electron chi connectivity index (χ1n) is 6.69. The monoisotopic (exact) mass is 339 g/mol. The van der Waals surface area contributed by atoms with Crippen molar-refractivity contribution >= 4 is 21.7 Å². The summed E-state index contributed by atoms with van der Waals surface area (Å²) in [7, 11) is 0. The van der Waals surface area contributed by atoms with Crippen molar-refractivity contribution in [2.75, 3.05) is 0 Å². The molecular formula is C18H14BrNO. The second kappa shape index (κ2) is 5.70. The molecule has 1 aromatic heterocycles. The Morgan fingerprint density at radius 2 is 1.62 bits per heavy atom. The molecule has 0 radical (unpaired) electrons. The van der Waals surface area contributed by atoms with Gasteiger partial charge in [0.05, 0.1) is 0 Å². The molecule has 104 valence electrons. The fourth-order valence-electron chi connectivity index (χ4n) is 2.28. The molecule has 0 bridgehead atoms. The molecule has 1 heterocycles. The molecule has 0 aliphatic heterocycles. The molecule has 3 aromatic rings. The minimum atomic E-state index is 0.0272. The normalized spacial score (nSPS) is 10.6. The Morgan fingerprint density at radius 1 is 0.952 bits per heavy atom. The quantitative estimate of drug-likeness (QED) is 0.670. The van der Waals surface area contributed by atoms with E-state index < -0.39 is 0 Å². The number of benzene rings is 2. The van der Waals surface area contributed by atoms with Crippen LogP contribution in [0, 0.1) is 6.92 Å². The number of aryl methyl sites for hydroxylation is 1. The summed E-state index contributed by atoms with van der Waals surface area (Å²) in [6, 6.07) is 15.6. The molecule has 21 heavy (non-hydrogen) atoms. The molecule has 3 heteroatoms. The number of nitrogens with one attached hydrogen (secondary N) is 1. The van der Waals surface area contributed by atoms with Crippen LogP contribution in [0.15, 0.2) is 65.4 Å². The van der Waals surface area contributed by atoms with E-state index in [4.69, 9.17) is 0 Å². The summed E-state index contributed by atoms with van der Waals surface area (Å²) in [4.78, 5) is 15.7. The van der Waals surface area contributed by atoms with Gasteiger partial charge in [0, 0.05) is 33.6 Å². The second-order valence-electron chi connectivity index (χ2n) is 4.98. The molecule has 3 rings (SSSR count). The Morgan fingerprint density at radius 3 is 2.29 bits per heavy atom. The number of carbonyl (C=O) groups excluding carboxylic acids is 1. The van der Waals surface area contributed by atoms with E-state index in [9.17, 15) is 4.79 Å². The number of carbonyl (C=O) groups is 1. The van der Waals surface area contributed by atoms with Crippen molar-refractivity contribution in [2.24, 2.45) is 0 Å². The van der Waals surface area contributed by atoms with Crippen LogP contribution in [0.5, 0.6) is 0 Å². The van der Waals surface area contributed by atoms with Gasteiger partial charge in [-0.1, -0.05) is 45.8 Å². The highest BCUT2D eigenvalue weighted by atomic mass is 79.9. The highest BCUT2D eigenvalue weighted by Gasteiger charge is 2.15. The number of hydrogen-bond acceptors (Lipinski definition) is 1. The minimum absolute atomic E-state index is 0.0272. The number of rotatable bonds is 3. The van der Waals surface area contributed by atoms with Crippen LogP contribution in [0.25, 0.3) is 11.1 Å². The molecule has 1 N–H and O–H groups in total. The first-order valence-corrected chi connectivity index (χ1v) is 7.48. The maximum atomic E-state index is 12.6. The summed E-state index contributed by atoms with van der Waals surface area (Å²) in [5.74, 6) is 0.0272. The van der Waals surface area contributed by atoms with Crippen molar-refractivity contribution in [3.8, 4) is 11.1 Å². The Bertz CT molecular complexity index is 770. The first-order chi connectivity index (χ1) is 10.1. The van der Waals surface area contributed by atoms with Crippen LogP contribution in [0.4, 0.5) is 0 Å². The molecule has 0 saturated heterocycles. The number of halogens is 1. The molecule has 0 spiro atoms. The zero-order valence-corrected chi connectivity index (χ0v) is 13.1. The van der Waals surface area contributed by atoms with E-state index in [2.05, 4.69) is 40.0 Å². The molecule has 0 fully saturated rings. The van der Waals surface area contributed by atoms with Gasteiger partial charge in [-0.15, -0.1) is 0 Å². The van der Waals surface area contributed by atoms with E-state index >= 15 is 0 Å². The summed E-state index contributed by atoms with van der Waals surface area (Å²) >= 11 is 3.38. The molecule has 0 amide bonds. The highest BCUT2D eigenvalue weighted by Crippen LogP contribution is 2.26. The second-order valence-corrected chi connectivity index (χ2v) is 5.90. The fourth-order valence-corrected chi connectivity index (χ4v) is 2.54. The number of H-pyrrole nitrogens is 1. The highest BCUT2D eigenvalue weighted by molar-refractivity contribution is 9.10. The molecule has 0 saturated carbocycles. The predicted molar refractivity (Wildman–Crippen MR) is 88.5 cm³/mol. The summed E-state index contributed by atoms with van der Waals surface area (Å²) in [5, 5.41) is 0. The van der Waals surface area contributed by atoms with E-state index in [1.807, 2.05) is 42.6 Å². The van der Waals surface area contributed by atoms with Crippen molar-refractivity contribution in [3.63, 3.8) is 0 Å². The average Bonchev–Trinajstić information content (AvgIpc) is 2.97. The predicted octanol–water partition coefficient (Wildman–Crippen LogP) is 4.98. The van der Waals surface area contributed by atoms with Gasteiger partial charge in [0.1, 0.15) is 0 Å². The summed E-state index contributed by atoms with van der Waals surface area (Å²) < 4.78 is 0.965. The maximum Gasteiger partial charge on any atom is 0.195 e. The average molecular weight is 340 g/mol.